The molecule has 0 aliphatic heterocycles. The molecule has 0 aromatic rings. The first-order chi connectivity index (χ1) is 7.03. The maximum atomic E-state index is 9.82. The summed E-state index contributed by atoms with van der Waals surface area (Å²) in [5.41, 5.74) is 0.617. The number of methoxy groups -OCH3 is 1. The number of ether oxygens (including phenoxy) is 1. The van der Waals surface area contributed by atoms with E-state index < -0.39 is 11.9 Å². The zero-order chi connectivity index (χ0) is 11.5. The van der Waals surface area contributed by atoms with E-state index in [0.717, 1.165) is 0 Å². The molecule has 1 rings (SSSR count). The molecule has 0 amide bonds. The molecule has 0 aromatic heterocycles. The van der Waals surface area contributed by atoms with Gasteiger partial charge in [-0.05, 0) is 18.7 Å². The molecular formula is C10H17NO4. The first-order valence-electron chi connectivity index (χ1n) is 4.74. The van der Waals surface area contributed by atoms with Crippen LogP contribution >= 0.6 is 0 Å². The molecule has 86 valence electrons. The lowest BCUT2D eigenvalue weighted by Crippen LogP contribution is -2.39. The molecular weight excluding hydrogens is 198 g/mol. The monoisotopic (exact) mass is 215 g/mol. The summed E-state index contributed by atoms with van der Waals surface area (Å²) in [6.45, 7) is 0.389. The molecule has 0 radical (unpaired) electrons. The molecule has 0 saturated heterocycles. The molecule has 1 aliphatic rings. The van der Waals surface area contributed by atoms with Gasteiger partial charge >= 0.3 is 0 Å². The van der Waals surface area contributed by atoms with E-state index in [1.807, 2.05) is 0 Å². The van der Waals surface area contributed by atoms with Crippen LogP contribution in [0.5, 0.6) is 0 Å². The van der Waals surface area contributed by atoms with Crippen LogP contribution in [0.4, 0.5) is 0 Å². The van der Waals surface area contributed by atoms with E-state index in [4.69, 9.17) is 4.74 Å². The maximum Gasteiger partial charge on any atom is 0.228 e. The Balaban J connectivity index is 2.79. The van der Waals surface area contributed by atoms with Crippen molar-refractivity contribution in [3.8, 4) is 0 Å². The van der Waals surface area contributed by atoms with Crippen LogP contribution in [0, 0.1) is 0 Å². The fourth-order valence-corrected chi connectivity index (χ4v) is 1.47. The predicted molar refractivity (Wildman–Crippen MR) is 55.3 cm³/mol. The van der Waals surface area contributed by atoms with Crippen molar-refractivity contribution in [3.05, 3.63) is 23.5 Å². The number of aliphatic hydroxyl groups is 3. The molecule has 0 aromatic carbocycles. The van der Waals surface area contributed by atoms with Gasteiger partial charge in [0.15, 0.2) is 5.76 Å². The van der Waals surface area contributed by atoms with Crippen LogP contribution in [-0.4, -0.2) is 47.9 Å². The van der Waals surface area contributed by atoms with Crippen molar-refractivity contribution in [2.24, 2.45) is 0 Å². The molecule has 0 spiro atoms. The van der Waals surface area contributed by atoms with Crippen molar-refractivity contribution in [2.45, 2.75) is 18.3 Å². The minimum atomic E-state index is -1.71. The summed E-state index contributed by atoms with van der Waals surface area (Å²) >= 11 is 0. The van der Waals surface area contributed by atoms with E-state index >= 15 is 0 Å². The minimum Gasteiger partial charge on any atom is -0.507 e. The summed E-state index contributed by atoms with van der Waals surface area (Å²) in [4.78, 5) is 0. The predicted octanol–water partition coefficient (Wildman–Crippen LogP) is -0.326. The Morgan fingerprint density at radius 1 is 1.60 bits per heavy atom. The Morgan fingerprint density at radius 2 is 2.27 bits per heavy atom. The number of hydrogen-bond acceptors (Lipinski definition) is 5. The van der Waals surface area contributed by atoms with E-state index in [-0.39, 0.29) is 12.2 Å². The lowest BCUT2D eigenvalue weighted by molar-refractivity contribution is -0.177. The van der Waals surface area contributed by atoms with Crippen molar-refractivity contribution < 1.29 is 20.1 Å². The standard InChI is InChI=1S/C10H17NO4/c1-11-6-8(12)7-3-4-9(13)10(14,5-7)15-2/h3-4,8,11-14H,5-6H2,1-2H3. The number of allylic oxidation sites excluding steroid dienone is 2. The van der Waals surface area contributed by atoms with Gasteiger partial charge in [0.25, 0.3) is 0 Å². The zero-order valence-corrected chi connectivity index (χ0v) is 8.90. The van der Waals surface area contributed by atoms with Crippen LogP contribution < -0.4 is 5.32 Å². The van der Waals surface area contributed by atoms with Gasteiger partial charge in [-0.15, -0.1) is 0 Å². The molecule has 2 atom stereocenters. The molecule has 0 saturated carbocycles. The highest BCUT2D eigenvalue weighted by Gasteiger charge is 2.36. The Labute approximate surface area is 88.7 Å². The van der Waals surface area contributed by atoms with Gasteiger partial charge in [0.1, 0.15) is 0 Å². The summed E-state index contributed by atoms with van der Waals surface area (Å²) in [6, 6.07) is 0. The summed E-state index contributed by atoms with van der Waals surface area (Å²) in [7, 11) is 3.03. The van der Waals surface area contributed by atoms with Crippen LogP contribution in [-0.2, 0) is 4.74 Å². The number of hydrogen-bond donors (Lipinski definition) is 4. The SMILES string of the molecule is CNCC(O)C1=CC=C(O)C(O)(OC)C1. The lowest BCUT2D eigenvalue weighted by atomic mass is 9.94. The van der Waals surface area contributed by atoms with Gasteiger partial charge in [0.05, 0.1) is 6.10 Å². The van der Waals surface area contributed by atoms with Crippen molar-refractivity contribution in [1.82, 2.24) is 5.32 Å². The largest absolute Gasteiger partial charge is 0.507 e. The van der Waals surface area contributed by atoms with Crippen molar-refractivity contribution >= 4 is 0 Å². The molecule has 0 bridgehead atoms. The highest BCUT2D eigenvalue weighted by Crippen LogP contribution is 2.29. The van der Waals surface area contributed by atoms with E-state index in [1.165, 1.54) is 13.2 Å². The Kier molecular flexibility index (Phi) is 3.87. The van der Waals surface area contributed by atoms with Gasteiger partial charge < -0.3 is 25.4 Å². The Bertz CT molecular complexity index is 287. The van der Waals surface area contributed by atoms with Crippen LogP contribution in [0.2, 0.25) is 0 Å². The Morgan fingerprint density at radius 3 is 2.80 bits per heavy atom. The fraction of sp³-hybridized carbons (Fsp3) is 0.600. The average Bonchev–Trinajstić information content (AvgIpc) is 2.22. The van der Waals surface area contributed by atoms with Crippen molar-refractivity contribution in [3.63, 3.8) is 0 Å². The van der Waals surface area contributed by atoms with Gasteiger partial charge in [0, 0.05) is 20.1 Å². The van der Waals surface area contributed by atoms with Crippen LogP contribution in [0.3, 0.4) is 0 Å². The number of nitrogens with one attached hydrogen (secondary N) is 1. The van der Waals surface area contributed by atoms with Crippen LogP contribution in [0.1, 0.15) is 6.42 Å². The highest BCUT2D eigenvalue weighted by atomic mass is 16.6. The first-order valence-corrected chi connectivity index (χ1v) is 4.74. The summed E-state index contributed by atoms with van der Waals surface area (Å²) in [6.07, 6.45) is 2.29. The third kappa shape index (κ3) is 2.57. The zero-order valence-electron chi connectivity index (χ0n) is 8.90. The quantitative estimate of drug-likeness (QED) is 0.483. The number of likely N-dealkylation sites (N-methyl/N-ethyl adjacent to an activating group) is 1. The second kappa shape index (κ2) is 4.76. The summed E-state index contributed by atoms with van der Waals surface area (Å²) in [5.74, 6) is -1.95. The van der Waals surface area contributed by atoms with Gasteiger partial charge in [-0.3, -0.25) is 0 Å². The summed E-state index contributed by atoms with van der Waals surface area (Å²) < 4.78 is 4.81. The van der Waals surface area contributed by atoms with E-state index in [1.54, 1.807) is 13.1 Å². The second-order valence-corrected chi connectivity index (χ2v) is 3.53. The highest BCUT2D eigenvalue weighted by molar-refractivity contribution is 5.28. The van der Waals surface area contributed by atoms with E-state index in [0.29, 0.717) is 12.1 Å². The molecule has 0 fully saturated rings. The molecule has 2 unspecified atom stereocenters. The lowest BCUT2D eigenvalue weighted by Gasteiger charge is -2.30. The normalized spacial score (nSPS) is 28.3. The van der Waals surface area contributed by atoms with E-state index in [2.05, 4.69) is 5.32 Å². The third-order valence-electron chi connectivity index (χ3n) is 2.46. The third-order valence-corrected chi connectivity index (χ3v) is 2.46. The Hall–Kier alpha value is -0.880. The topological polar surface area (TPSA) is 82.0 Å². The smallest absolute Gasteiger partial charge is 0.228 e. The van der Waals surface area contributed by atoms with Crippen molar-refractivity contribution in [1.29, 1.82) is 0 Å². The molecule has 5 nitrogen and oxygen atoms in total. The van der Waals surface area contributed by atoms with Gasteiger partial charge in [-0.25, -0.2) is 0 Å². The van der Waals surface area contributed by atoms with Crippen LogP contribution in [0.15, 0.2) is 23.5 Å². The summed E-state index contributed by atoms with van der Waals surface area (Å²) in [5, 5.41) is 31.7. The fourth-order valence-electron chi connectivity index (χ4n) is 1.47. The minimum absolute atomic E-state index is 0.0642. The molecule has 1 aliphatic carbocycles. The van der Waals surface area contributed by atoms with Gasteiger partial charge in [0.2, 0.25) is 5.79 Å². The van der Waals surface area contributed by atoms with Gasteiger partial charge in [-0.1, -0.05) is 6.08 Å². The number of aliphatic hydroxyl groups excluding tert-OH is 2. The van der Waals surface area contributed by atoms with Gasteiger partial charge in [-0.2, -0.15) is 0 Å². The average molecular weight is 215 g/mol. The van der Waals surface area contributed by atoms with Crippen LogP contribution in [0.25, 0.3) is 0 Å². The number of rotatable bonds is 4. The molecule has 4 N–H and O–H groups in total. The maximum absolute atomic E-state index is 9.82. The molecule has 5 heteroatoms. The van der Waals surface area contributed by atoms with Crippen molar-refractivity contribution in [2.75, 3.05) is 20.7 Å². The molecule has 15 heavy (non-hydrogen) atoms. The van der Waals surface area contributed by atoms with E-state index in [9.17, 15) is 15.3 Å². The second-order valence-electron chi connectivity index (χ2n) is 3.53. The molecule has 0 heterocycles. The first kappa shape index (κ1) is 12.2.